The zero-order valence-electron chi connectivity index (χ0n) is 10.0. The van der Waals surface area contributed by atoms with Gasteiger partial charge < -0.3 is 10.8 Å². The monoisotopic (exact) mass is 292 g/mol. The number of nitrogens with two attached hydrogens (primary N) is 1. The maximum absolute atomic E-state index is 13.7. The minimum absolute atomic E-state index is 0.128. The van der Waals surface area contributed by atoms with Crippen molar-refractivity contribution in [3.63, 3.8) is 0 Å². The number of piperidine rings is 1. The number of nitrogen functional groups attached to an aromatic ring is 1. The second kappa shape index (κ2) is 5.03. The Morgan fingerprint density at radius 1 is 1.32 bits per heavy atom. The Balaban J connectivity index is 2.45. The van der Waals surface area contributed by atoms with Crippen molar-refractivity contribution in [3.05, 3.63) is 23.8 Å². The van der Waals surface area contributed by atoms with Crippen LogP contribution >= 0.6 is 0 Å². The molecule has 1 aromatic rings. The number of aliphatic hydroxyl groups is 1. The molecule has 1 fully saturated rings. The Kier molecular flexibility index (Phi) is 3.75. The van der Waals surface area contributed by atoms with Crippen molar-refractivity contribution in [1.82, 2.24) is 4.31 Å². The number of halogens is 2. The maximum Gasteiger partial charge on any atom is 0.249 e. The van der Waals surface area contributed by atoms with Crippen LogP contribution in [0.25, 0.3) is 0 Å². The molecule has 1 aliphatic heterocycles. The molecule has 0 bridgehead atoms. The van der Waals surface area contributed by atoms with E-state index in [1.165, 1.54) is 0 Å². The van der Waals surface area contributed by atoms with Crippen molar-refractivity contribution >= 4 is 15.7 Å². The average molecular weight is 292 g/mol. The number of nitrogens with zero attached hydrogens (tertiary/aromatic N) is 1. The van der Waals surface area contributed by atoms with Crippen molar-refractivity contribution in [2.75, 3.05) is 18.8 Å². The maximum atomic E-state index is 13.7. The molecule has 3 N–H and O–H groups in total. The smallest absolute Gasteiger partial charge is 0.249 e. The molecule has 1 saturated heterocycles. The third-order valence-corrected chi connectivity index (χ3v) is 4.90. The van der Waals surface area contributed by atoms with Gasteiger partial charge in [-0.3, -0.25) is 0 Å². The van der Waals surface area contributed by atoms with Gasteiger partial charge in [-0.25, -0.2) is 17.2 Å². The van der Waals surface area contributed by atoms with E-state index in [4.69, 9.17) is 5.73 Å². The average Bonchev–Trinajstić information content (AvgIpc) is 2.26. The van der Waals surface area contributed by atoms with E-state index in [9.17, 15) is 22.3 Å². The van der Waals surface area contributed by atoms with Crippen LogP contribution in [0.1, 0.15) is 12.8 Å². The van der Waals surface area contributed by atoms with Crippen molar-refractivity contribution in [1.29, 1.82) is 0 Å². The number of hydrogen-bond donors (Lipinski definition) is 2. The Bertz CT molecular complexity index is 569. The molecule has 0 saturated carbocycles. The van der Waals surface area contributed by atoms with E-state index in [1.807, 2.05) is 0 Å². The fourth-order valence-corrected chi connectivity index (χ4v) is 3.70. The molecule has 0 aliphatic carbocycles. The summed E-state index contributed by atoms with van der Waals surface area (Å²) >= 11 is 0. The van der Waals surface area contributed by atoms with E-state index in [0.29, 0.717) is 12.8 Å². The molecule has 19 heavy (non-hydrogen) atoms. The van der Waals surface area contributed by atoms with Gasteiger partial charge in [-0.15, -0.1) is 0 Å². The number of rotatable bonds is 2. The molecule has 0 aromatic heterocycles. The predicted molar refractivity (Wildman–Crippen MR) is 64.8 cm³/mol. The number of aliphatic hydroxyl groups excluding tert-OH is 1. The van der Waals surface area contributed by atoms with Crippen LogP contribution < -0.4 is 5.73 Å². The van der Waals surface area contributed by atoms with Crippen LogP contribution in [0.4, 0.5) is 14.5 Å². The van der Waals surface area contributed by atoms with Gasteiger partial charge in [0, 0.05) is 18.8 Å². The summed E-state index contributed by atoms with van der Waals surface area (Å²) in [6, 6.07) is 1.52. The molecule has 1 heterocycles. The number of benzene rings is 1. The highest BCUT2D eigenvalue weighted by atomic mass is 32.2. The number of anilines is 1. The summed E-state index contributed by atoms with van der Waals surface area (Å²) in [5.74, 6) is -2.45. The van der Waals surface area contributed by atoms with Crippen LogP contribution in [0.2, 0.25) is 0 Å². The largest absolute Gasteiger partial charge is 0.399 e. The fraction of sp³-hybridized carbons (Fsp3) is 0.455. The van der Waals surface area contributed by atoms with E-state index in [2.05, 4.69) is 0 Å². The normalized spacial score (nSPS) is 21.5. The van der Waals surface area contributed by atoms with Gasteiger partial charge in [-0.2, -0.15) is 4.31 Å². The summed E-state index contributed by atoms with van der Waals surface area (Å²) in [4.78, 5) is -1.02. The van der Waals surface area contributed by atoms with E-state index in [1.54, 1.807) is 0 Å². The summed E-state index contributed by atoms with van der Waals surface area (Å²) in [6.07, 6.45) is 0.0977. The molecule has 1 aromatic carbocycles. The van der Waals surface area contributed by atoms with E-state index < -0.39 is 32.7 Å². The molecule has 1 atom stereocenters. The van der Waals surface area contributed by atoms with Gasteiger partial charge in [-0.05, 0) is 25.0 Å². The molecular weight excluding hydrogens is 278 g/mol. The van der Waals surface area contributed by atoms with Gasteiger partial charge in [0.2, 0.25) is 10.0 Å². The molecule has 1 aliphatic rings. The van der Waals surface area contributed by atoms with E-state index in [-0.39, 0.29) is 18.8 Å². The lowest BCUT2D eigenvalue weighted by atomic mass is 10.1. The van der Waals surface area contributed by atoms with Crippen molar-refractivity contribution in [3.8, 4) is 0 Å². The molecule has 0 spiro atoms. The second-order valence-electron chi connectivity index (χ2n) is 4.47. The summed E-state index contributed by atoms with van der Waals surface area (Å²) in [7, 11) is -4.31. The first-order valence-corrected chi connectivity index (χ1v) is 7.19. The van der Waals surface area contributed by atoms with Crippen LogP contribution in [-0.4, -0.2) is 37.0 Å². The zero-order valence-corrected chi connectivity index (χ0v) is 10.8. The van der Waals surface area contributed by atoms with Gasteiger partial charge >= 0.3 is 0 Å². The van der Waals surface area contributed by atoms with Crippen LogP contribution in [-0.2, 0) is 10.0 Å². The quantitative estimate of drug-likeness (QED) is 0.786. The molecular formula is C11H14F2N2O3S. The minimum Gasteiger partial charge on any atom is -0.399 e. The minimum atomic E-state index is -4.31. The lowest BCUT2D eigenvalue weighted by molar-refractivity contribution is 0.107. The first-order valence-electron chi connectivity index (χ1n) is 5.75. The summed E-state index contributed by atoms with van der Waals surface area (Å²) in [5.41, 5.74) is 5.06. The van der Waals surface area contributed by atoms with E-state index >= 15 is 0 Å². The molecule has 106 valence electrons. The Morgan fingerprint density at radius 2 is 1.89 bits per heavy atom. The van der Waals surface area contributed by atoms with E-state index in [0.717, 1.165) is 16.4 Å². The number of hydrogen-bond acceptors (Lipinski definition) is 4. The van der Waals surface area contributed by atoms with Crippen LogP contribution in [0.15, 0.2) is 17.0 Å². The second-order valence-corrected chi connectivity index (χ2v) is 6.35. The SMILES string of the molecule is Nc1cc(F)c(S(=O)(=O)N2CCC[C@H](O)C2)c(F)c1. The number of β-amino-alcohol motifs (C(OH)–C–C–N with tert-alkyl or cyclic N) is 1. The Labute approximate surface area is 109 Å². The highest BCUT2D eigenvalue weighted by molar-refractivity contribution is 7.89. The zero-order chi connectivity index (χ0) is 14.2. The molecule has 2 rings (SSSR count). The summed E-state index contributed by atoms with van der Waals surface area (Å²) < 4.78 is 52.6. The lowest BCUT2D eigenvalue weighted by Crippen LogP contribution is -2.42. The molecule has 8 heteroatoms. The summed E-state index contributed by atoms with van der Waals surface area (Å²) in [5, 5.41) is 9.46. The van der Waals surface area contributed by atoms with Crippen molar-refractivity contribution < 1.29 is 22.3 Å². The molecule has 0 amide bonds. The Morgan fingerprint density at radius 3 is 2.42 bits per heavy atom. The topological polar surface area (TPSA) is 83.6 Å². The highest BCUT2D eigenvalue weighted by Gasteiger charge is 2.34. The van der Waals surface area contributed by atoms with Gasteiger partial charge in [-0.1, -0.05) is 0 Å². The third-order valence-electron chi connectivity index (χ3n) is 2.98. The van der Waals surface area contributed by atoms with Crippen molar-refractivity contribution in [2.45, 2.75) is 23.8 Å². The highest BCUT2D eigenvalue weighted by Crippen LogP contribution is 2.27. The summed E-state index contributed by atoms with van der Waals surface area (Å²) in [6.45, 7) is -0.0335. The first kappa shape index (κ1) is 14.2. The van der Waals surface area contributed by atoms with Crippen molar-refractivity contribution in [2.24, 2.45) is 0 Å². The Hall–Kier alpha value is -1.25. The molecule has 0 radical (unpaired) electrons. The fourth-order valence-electron chi connectivity index (χ4n) is 2.09. The van der Waals surface area contributed by atoms with Gasteiger partial charge in [0.1, 0.15) is 11.6 Å². The van der Waals surface area contributed by atoms with Gasteiger partial charge in [0.05, 0.1) is 6.10 Å². The predicted octanol–water partition coefficient (Wildman–Crippen LogP) is 0.692. The first-order chi connectivity index (χ1) is 8.82. The van der Waals surface area contributed by atoms with Crippen LogP contribution in [0.3, 0.4) is 0 Å². The molecule has 5 nitrogen and oxygen atoms in total. The third kappa shape index (κ3) is 2.70. The van der Waals surface area contributed by atoms with Gasteiger partial charge in [0.15, 0.2) is 4.90 Å². The van der Waals surface area contributed by atoms with Crippen LogP contribution in [0, 0.1) is 11.6 Å². The standard InChI is InChI=1S/C11H14F2N2O3S/c12-9-4-7(14)5-10(13)11(9)19(17,18)15-3-1-2-8(16)6-15/h4-5,8,16H,1-3,6,14H2/t8-/m0/s1. The lowest BCUT2D eigenvalue weighted by Gasteiger charge is -2.29. The number of sulfonamides is 1. The van der Waals surface area contributed by atoms with Gasteiger partial charge in [0.25, 0.3) is 0 Å². The van der Waals surface area contributed by atoms with Crippen LogP contribution in [0.5, 0.6) is 0 Å². The molecule has 0 unspecified atom stereocenters.